The first-order valence-electron chi connectivity index (χ1n) is 6.93. The number of nitrogens with one attached hydrogen (secondary N) is 1. The van der Waals surface area contributed by atoms with Gasteiger partial charge in [-0.2, -0.15) is 5.26 Å². The summed E-state index contributed by atoms with van der Waals surface area (Å²) in [5.41, 5.74) is 0.582. The number of benzene rings is 2. The van der Waals surface area contributed by atoms with Crippen molar-refractivity contribution in [2.45, 2.75) is 5.54 Å². The zero-order valence-corrected chi connectivity index (χ0v) is 12.2. The summed E-state index contributed by atoms with van der Waals surface area (Å²) in [5.74, 6) is -1.06. The summed E-state index contributed by atoms with van der Waals surface area (Å²) in [6, 6.07) is 21.0. The van der Waals surface area contributed by atoms with Crippen molar-refractivity contribution < 1.29 is 4.79 Å². The molecule has 0 saturated carbocycles. The van der Waals surface area contributed by atoms with Crippen LogP contribution in [0.15, 0.2) is 73.3 Å². The zero-order valence-electron chi connectivity index (χ0n) is 12.2. The predicted molar refractivity (Wildman–Crippen MR) is 86.5 cm³/mol. The van der Waals surface area contributed by atoms with E-state index < -0.39 is 11.5 Å². The summed E-state index contributed by atoms with van der Waals surface area (Å²) >= 11 is 0. The molecule has 3 nitrogen and oxygen atoms in total. The van der Waals surface area contributed by atoms with Crippen LogP contribution in [0.3, 0.4) is 0 Å². The molecule has 2 rings (SSSR count). The van der Waals surface area contributed by atoms with E-state index in [1.165, 1.54) is 6.08 Å². The molecule has 3 heteroatoms. The first kappa shape index (κ1) is 15.5. The van der Waals surface area contributed by atoms with Crippen LogP contribution in [0.4, 0.5) is 0 Å². The largest absolute Gasteiger partial charge is 0.338 e. The van der Waals surface area contributed by atoms with Crippen LogP contribution in [-0.2, 0) is 10.3 Å². The number of hydrogen-bond acceptors (Lipinski definition) is 2. The molecule has 2 aromatic carbocycles. The average molecular weight is 289 g/mol. The fourth-order valence-electron chi connectivity index (χ4n) is 2.54. The van der Waals surface area contributed by atoms with Crippen LogP contribution < -0.4 is 5.32 Å². The lowest BCUT2D eigenvalue weighted by atomic mass is 9.74. The minimum atomic E-state index is -1.03. The van der Waals surface area contributed by atoms with E-state index in [9.17, 15) is 10.1 Å². The third kappa shape index (κ3) is 2.77. The van der Waals surface area contributed by atoms with E-state index in [0.717, 1.165) is 11.1 Å². The van der Waals surface area contributed by atoms with E-state index in [1.54, 1.807) is 0 Å². The van der Waals surface area contributed by atoms with Gasteiger partial charge in [0.1, 0.15) is 5.54 Å². The highest BCUT2D eigenvalue weighted by Crippen LogP contribution is 2.36. The molecule has 0 bridgehead atoms. The Morgan fingerprint density at radius 1 is 1.09 bits per heavy atom. The molecular formula is C19H17N2O. The second-order valence-electron chi connectivity index (χ2n) is 4.92. The lowest BCUT2D eigenvalue weighted by molar-refractivity contribution is -0.118. The van der Waals surface area contributed by atoms with Gasteiger partial charge in [-0.3, -0.25) is 4.79 Å². The predicted octanol–water partition coefficient (Wildman–Crippen LogP) is 3.21. The fraction of sp³-hybridized carbons (Fsp3) is 0.105. The normalized spacial score (nSPS) is 12.0. The molecule has 1 atom stereocenters. The lowest BCUT2D eigenvalue weighted by Gasteiger charge is -2.38. The summed E-state index contributed by atoms with van der Waals surface area (Å²) in [7, 11) is 0. The van der Waals surface area contributed by atoms with Crippen molar-refractivity contribution in [3.63, 3.8) is 0 Å². The summed E-state index contributed by atoms with van der Waals surface area (Å²) in [4.78, 5) is 12.0. The molecule has 0 spiro atoms. The highest BCUT2D eigenvalue weighted by atomic mass is 16.1. The second kappa shape index (κ2) is 6.73. The Hall–Kier alpha value is -2.86. The van der Waals surface area contributed by atoms with Crippen molar-refractivity contribution in [3.8, 4) is 6.07 Å². The standard InChI is InChI=1S/C19H17N2O/c1-3-18(22)21-19(15(2)14-20,16-10-6-4-7-11-16)17-12-8-5-9-13-17/h3-13,15H,1-2H2,(H,21,22). The Bertz CT molecular complexity index is 647. The Morgan fingerprint density at radius 2 is 1.55 bits per heavy atom. The highest BCUT2D eigenvalue weighted by molar-refractivity contribution is 5.88. The first-order valence-corrected chi connectivity index (χ1v) is 6.93. The van der Waals surface area contributed by atoms with Crippen LogP contribution in [-0.4, -0.2) is 5.91 Å². The number of hydrogen-bond donors (Lipinski definition) is 1. The number of carbonyl (C=O) groups excluding carboxylic acids is 1. The van der Waals surface area contributed by atoms with Gasteiger partial charge in [-0.1, -0.05) is 67.2 Å². The molecule has 1 amide bonds. The lowest BCUT2D eigenvalue weighted by Crippen LogP contribution is -2.50. The molecule has 0 heterocycles. The van der Waals surface area contributed by atoms with E-state index in [4.69, 9.17) is 0 Å². The topological polar surface area (TPSA) is 52.9 Å². The minimum absolute atomic E-state index is 0.350. The zero-order chi connectivity index (χ0) is 16.0. The van der Waals surface area contributed by atoms with Gasteiger partial charge in [-0.25, -0.2) is 0 Å². The molecular weight excluding hydrogens is 272 g/mol. The van der Waals surface area contributed by atoms with Gasteiger partial charge >= 0.3 is 0 Å². The van der Waals surface area contributed by atoms with Gasteiger partial charge in [0.05, 0.1) is 12.0 Å². The molecule has 0 saturated heterocycles. The van der Waals surface area contributed by atoms with E-state index in [0.29, 0.717) is 0 Å². The Morgan fingerprint density at radius 3 is 1.91 bits per heavy atom. The van der Waals surface area contributed by atoms with Crippen molar-refractivity contribution in [2.24, 2.45) is 5.92 Å². The summed E-state index contributed by atoms with van der Waals surface area (Å²) < 4.78 is 0. The summed E-state index contributed by atoms with van der Waals surface area (Å²) in [6.07, 6.45) is 1.20. The molecule has 1 radical (unpaired) electrons. The highest BCUT2D eigenvalue weighted by Gasteiger charge is 2.41. The van der Waals surface area contributed by atoms with Crippen molar-refractivity contribution in [2.75, 3.05) is 0 Å². The summed E-state index contributed by atoms with van der Waals surface area (Å²) in [6.45, 7) is 7.46. The van der Waals surface area contributed by atoms with Crippen molar-refractivity contribution >= 4 is 5.91 Å². The molecule has 0 aliphatic rings. The Kier molecular flexibility index (Phi) is 4.75. The van der Waals surface area contributed by atoms with Gasteiger partial charge in [0, 0.05) is 0 Å². The van der Waals surface area contributed by atoms with Crippen molar-refractivity contribution in [1.29, 1.82) is 5.26 Å². The van der Waals surface area contributed by atoms with Crippen LogP contribution in [0.2, 0.25) is 0 Å². The molecule has 0 aromatic heterocycles. The van der Waals surface area contributed by atoms with E-state index in [1.807, 2.05) is 60.7 Å². The fourth-order valence-corrected chi connectivity index (χ4v) is 2.54. The molecule has 1 N–H and O–H groups in total. The van der Waals surface area contributed by atoms with Gasteiger partial charge in [0.25, 0.3) is 0 Å². The number of nitrogens with zero attached hydrogens (tertiary/aromatic N) is 1. The van der Waals surface area contributed by atoms with Crippen molar-refractivity contribution in [1.82, 2.24) is 5.32 Å². The van der Waals surface area contributed by atoms with Crippen LogP contribution >= 0.6 is 0 Å². The van der Waals surface area contributed by atoms with Crippen molar-refractivity contribution in [3.05, 3.63) is 91.4 Å². The van der Waals surface area contributed by atoms with Crippen LogP contribution in [0.5, 0.6) is 0 Å². The average Bonchev–Trinajstić information content (AvgIpc) is 2.60. The maximum absolute atomic E-state index is 12.0. The molecule has 0 aliphatic heterocycles. The van der Waals surface area contributed by atoms with Crippen LogP contribution in [0.1, 0.15) is 11.1 Å². The molecule has 0 aliphatic carbocycles. The minimum Gasteiger partial charge on any atom is -0.338 e. The van der Waals surface area contributed by atoms with Gasteiger partial charge in [0.15, 0.2) is 0 Å². The Labute approximate surface area is 130 Å². The molecule has 0 fully saturated rings. The van der Waals surface area contributed by atoms with Crippen LogP contribution in [0.25, 0.3) is 0 Å². The number of rotatable bonds is 5. The number of nitriles is 1. The van der Waals surface area contributed by atoms with E-state index >= 15 is 0 Å². The summed E-state index contributed by atoms with van der Waals surface area (Å²) in [5, 5.41) is 12.4. The molecule has 109 valence electrons. The smallest absolute Gasteiger partial charge is 0.244 e. The van der Waals surface area contributed by atoms with E-state index in [2.05, 4.69) is 24.9 Å². The molecule has 22 heavy (non-hydrogen) atoms. The SMILES string of the molecule is [CH2]C(C#N)C(NC(=O)C=C)(c1ccccc1)c1ccccc1. The van der Waals surface area contributed by atoms with Crippen LogP contribution in [0, 0.1) is 24.2 Å². The van der Waals surface area contributed by atoms with Gasteiger partial charge < -0.3 is 5.32 Å². The van der Waals surface area contributed by atoms with Gasteiger partial charge in [-0.15, -0.1) is 0 Å². The van der Waals surface area contributed by atoms with E-state index in [-0.39, 0.29) is 5.91 Å². The molecule has 2 aromatic rings. The first-order chi connectivity index (χ1) is 10.6. The maximum Gasteiger partial charge on any atom is 0.244 e. The van der Waals surface area contributed by atoms with Gasteiger partial charge in [0.2, 0.25) is 5.91 Å². The third-order valence-corrected chi connectivity index (χ3v) is 3.64. The Balaban J connectivity index is 2.72. The molecule has 1 unspecified atom stereocenters. The maximum atomic E-state index is 12.0. The second-order valence-corrected chi connectivity index (χ2v) is 4.92. The third-order valence-electron chi connectivity index (χ3n) is 3.64. The number of carbonyl (C=O) groups is 1. The quantitative estimate of drug-likeness (QED) is 0.859. The van der Waals surface area contributed by atoms with Gasteiger partial charge in [-0.05, 0) is 24.1 Å². The monoisotopic (exact) mass is 289 g/mol. The number of amides is 1.